The summed E-state index contributed by atoms with van der Waals surface area (Å²) in [5.74, 6) is 0. The Kier molecular flexibility index (Phi) is 6.18. The van der Waals surface area contributed by atoms with Crippen molar-refractivity contribution in [1.29, 1.82) is 0 Å². The van der Waals surface area contributed by atoms with Crippen molar-refractivity contribution in [2.45, 2.75) is 0 Å². The van der Waals surface area contributed by atoms with Gasteiger partial charge in [0.2, 0.25) is 0 Å². The molecule has 3 nitrogen and oxygen atoms in total. The van der Waals surface area contributed by atoms with E-state index in [0.717, 1.165) is 77.5 Å². The van der Waals surface area contributed by atoms with Gasteiger partial charge in [-0.25, -0.2) is 0 Å². The standard InChI is InChI=1S/C46H29NO2/c1-2-11-30(12-3-1)31-21-24-33(25-22-31)47(34-26-28-38-37-16-7-9-19-42(37)48-44(38)29-34)41-18-8-6-15-36(41)39-17-10-20-43-45(39)40-27-23-32-13-4-5-14-35(32)46(40)49-43/h1-29H. The Morgan fingerprint density at radius 3 is 1.92 bits per heavy atom. The molecule has 0 bridgehead atoms. The second kappa shape index (κ2) is 11.0. The Balaban J connectivity index is 1.21. The number of rotatable bonds is 5. The van der Waals surface area contributed by atoms with Crippen LogP contribution in [0.15, 0.2) is 185 Å². The Morgan fingerprint density at radius 2 is 1.02 bits per heavy atom. The monoisotopic (exact) mass is 627 g/mol. The molecule has 0 atom stereocenters. The van der Waals surface area contributed by atoms with Crippen LogP contribution in [0.4, 0.5) is 17.1 Å². The average Bonchev–Trinajstić information content (AvgIpc) is 3.74. The van der Waals surface area contributed by atoms with Crippen molar-refractivity contribution < 1.29 is 8.83 Å². The van der Waals surface area contributed by atoms with Crippen molar-refractivity contribution in [3.05, 3.63) is 176 Å². The zero-order valence-electron chi connectivity index (χ0n) is 26.5. The van der Waals surface area contributed by atoms with Crippen LogP contribution in [0, 0.1) is 0 Å². The van der Waals surface area contributed by atoms with Gasteiger partial charge in [-0.05, 0) is 70.6 Å². The molecule has 230 valence electrons. The van der Waals surface area contributed by atoms with Crippen molar-refractivity contribution >= 4 is 71.7 Å². The van der Waals surface area contributed by atoms with Crippen molar-refractivity contribution in [3.8, 4) is 22.3 Å². The first-order valence-electron chi connectivity index (χ1n) is 16.6. The fourth-order valence-electron chi connectivity index (χ4n) is 7.39. The summed E-state index contributed by atoms with van der Waals surface area (Å²) in [4.78, 5) is 2.34. The normalized spacial score (nSPS) is 11.7. The number of furan rings is 2. The van der Waals surface area contributed by atoms with E-state index in [-0.39, 0.29) is 0 Å². The second-order valence-electron chi connectivity index (χ2n) is 12.5. The van der Waals surface area contributed by atoms with Gasteiger partial charge < -0.3 is 13.7 Å². The van der Waals surface area contributed by atoms with Crippen LogP contribution in [0.1, 0.15) is 0 Å². The maximum Gasteiger partial charge on any atom is 0.143 e. The Hall–Kier alpha value is -6.58. The fourth-order valence-corrected chi connectivity index (χ4v) is 7.39. The van der Waals surface area contributed by atoms with Crippen LogP contribution in [-0.2, 0) is 0 Å². The zero-order valence-corrected chi connectivity index (χ0v) is 26.5. The van der Waals surface area contributed by atoms with Gasteiger partial charge in [-0.2, -0.15) is 0 Å². The summed E-state index contributed by atoms with van der Waals surface area (Å²) < 4.78 is 13.0. The molecule has 2 heterocycles. The van der Waals surface area contributed by atoms with Crippen molar-refractivity contribution in [3.63, 3.8) is 0 Å². The Labute approximate surface area is 282 Å². The maximum absolute atomic E-state index is 6.60. The van der Waals surface area contributed by atoms with Gasteiger partial charge >= 0.3 is 0 Å². The first-order valence-corrected chi connectivity index (χ1v) is 16.6. The molecule has 0 saturated carbocycles. The highest BCUT2D eigenvalue weighted by molar-refractivity contribution is 6.20. The maximum atomic E-state index is 6.60. The number of benzene rings is 8. The molecule has 0 amide bonds. The molecule has 10 aromatic rings. The number of nitrogens with zero attached hydrogens (tertiary/aromatic N) is 1. The molecule has 0 aliphatic carbocycles. The van der Waals surface area contributed by atoms with Gasteiger partial charge in [0.15, 0.2) is 0 Å². The topological polar surface area (TPSA) is 29.5 Å². The van der Waals surface area contributed by atoms with Crippen LogP contribution < -0.4 is 4.90 Å². The Bertz CT molecular complexity index is 2830. The number of fused-ring (bicyclic) bond motifs is 8. The van der Waals surface area contributed by atoms with Gasteiger partial charge in [-0.15, -0.1) is 0 Å². The minimum Gasteiger partial charge on any atom is -0.456 e. The quantitative estimate of drug-likeness (QED) is 0.190. The number of para-hydroxylation sites is 2. The third-order valence-electron chi connectivity index (χ3n) is 9.68. The summed E-state index contributed by atoms with van der Waals surface area (Å²) in [7, 11) is 0. The smallest absolute Gasteiger partial charge is 0.143 e. The van der Waals surface area contributed by atoms with E-state index in [1.54, 1.807) is 0 Å². The predicted octanol–water partition coefficient (Wildman–Crippen LogP) is 13.4. The van der Waals surface area contributed by atoms with E-state index in [1.807, 2.05) is 12.1 Å². The largest absolute Gasteiger partial charge is 0.456 e. The van der Waals surface area contributed by atoms with E-state index in [2.05, 4.69) is 169 Å². The molecule has 0 aliphatic heterocycles. The van der Waals surface area contributed by atoms with Crippen molar-refractivity contribution in [1.82, 2.24) is 0 Å². The lowest BCUT2D eigenvalue weighted by Crippen LogP contribution is -2.11. The van der Waals surface area contributed by atoms with Crippen molar-refractivity contribution in [2.75, 3.05) is 4.90 Å². The van der Waals surface area contributed by atoms with Crippen LogP contribution in [0.2, 0.25) is 0 Å². The summed E-state index contributed by atoms with van der Waals surface area (Å²) in [6.45, 7) is 0. The lowest BCUT2D eigenvalue weighted by atomic mass is 9.96. The minimum atomic E-state index is 0.858. The lowest BCUT2D eigenvalue weighted by Gasteiger charge is -2.28. The van der Waals surface area contributed by atoms with Crippen molar-refractivity contribution in [2.24, 2.45) is 0 Å². The van der Waals surface area contributed by atoms with Crippen LogP contribution in [0.3, 0.4) is 0 Å². The highest BCUT2D eigenvalue weighted by Gasteiger charge is 2.22. The molecular formula is C46H29NO2. The van der Waals surface area contributed by atoms with Gasteiger partial charge in [0, 0.05) is 49.9 Å². The molecule has 0 N–H and O–H groups in total. The lowest BCUT2D eigenvalue weighted by molar-refractivity contribution is 0.669. The van der Waals surface area contributed by atoms with Crippen LogP contribution >= 0.6 is 0 Å². The van der Waals surface area contributed by atoms with Gasteiger partial charge in [0.1, 0.15) is 22.3 Å². The van der Waals surface area contributed by atoms with E-state index in [0.29, 0.717) is 0 Å². The van der Waals surface area contributed by atoms with E-state index < -0.39 is 0 Å². The molecular weight excluding hydrogens is 599 g/mol. The molecule has 0 unspecified atom stereocenters. The molecule has 2 aromatic heterocycles. The highest BCUT2D eigenvalue weighted by Crippen LogP contribution is 2.46. The summed E-state index contributed by atoms with van der Waals surface area (Å²) in [6.07, 6.45) is 0. The van der Waals surface area contributed by atoms with E-state index in [1.165, 1.54) is 16.5 Å². The molecule has 0 saturated heterocycles. The van der Waals surface area contributed by atoms with Gasteiger partial charge in [-0.1, -0.05) is 121 Å². The molecule has 10 rings (SSSR count). The first-order chi connectivity index (χ1) is 24.3. The number of hydrogen-bond donors (Lipinski definition) is 0. The SMILES string of the molecule is c1ccc(-c2ccc(N(c3ccc4c(c3)oc3ccccc34)c3ccccc3-c3cccc4oc5c6ccccc6ccc5c34)cc2)cc1. The molecule has 0 aliphatic rings. The molecule has 3 heteroatoms. The number of hydrogen-bond acceptors (Lipinski definition) is 3. The second-order valence-corrected chi connectivity index (χ2v) is 12.5. The molecule has 49 heavy (non-hydrogen) atoms. The Morgan fingerprint density at radius 1 is 0.367 bits per heavy atom. The molecule has 0 spiro atoms. The van der Waals surface area contributed by atoms with E-state index in [9.17, 15) is 0 Å². The highest BCUT2D eigenvalue weighted by atomic mass is 16.3. The van der Waals surface area contributed by atoms with Crippen LogP contribution in [0.5, 0.6) is 0 Å². The van der Waals surface area contributed by atoms with Crippen LogP contribution in [-0.4, -0.2) is 0 Å². The molecule has 8 aromatic carbocycles. The minimum absolute atomic E-state index is 0.858. The van der Waals surface area contributed by atoms with E-state index in [4.69, 9.17) is 8.83 Å². The zero-order chi connectivity index (χ0) is 32.3. The third-order valence-corrected chi connectivity index (χ3v) is 9.68. The fraction of sp³-hybridized carbons (Fsp3) is 0. The predicted molar refractivity (Wildman–Crippen MR) is 204 cm³/mol. The summed E-state index contributed by atoms with van der Waals surface area (Å²) in [5, 5.41) is 6.74. The van der Waals surface area contributed by atoms with Gasteiger partial charge in [-0.3, -0.25) is 0 Å². The van der Waals surface area contributed by atoms with Gasteiger partial charge in [0.25, 0.3) is 0 Å². The third kappa shape index (κ3) is 4.44. The molecule has 0 fully saturated rings. The van der Waals surface area contributed by atoms with E-state index >= 15 is 0 Å². The summed E-state index contributed by atoms with van der Waals surface area (Å²) in [5.41, 5.74) is 11.3. The van der Waals surface area contributed by atoms with Crippen LogP contribution in [0.25, 0.3) is 76.9 Å². The average molecular weight is 628 g/mol. The molecule has 0 radical (unpaired) electrons. The summed E-state index contributed by atoms with van der Waals surface area (Å²) in [6, 6.07) is 62.0. The number of anilines is 3. The van der Waals surface area contributed by atoms with Gasteiger partial charge in [0.05, 0.1) is 5.69 Å². The summed E-state index contributed by atoms with van der Waals surface area (Å²) >= 11 is 0. The first kappa shape index (κ1) is 27.5.